The highest BCUT2D eigenvalue weighted by atomic mass is 16.5. The van der Waals surface area contributed by atoms with Crippen LogP contribution < -0.4 is 19.5 Å². The van der Waals surface area contributed by atoms with E-state index in [2.05, 4.69) is 12.2 Å². The van der Waals surface area contributed by atoms with E-state index in [1.165, 1.54) is 0 Å². The molecule has 18 heavy (non-hydrogen) atoms. The van der Waals surface area contributed by atoms with E-state index in [0.717, 1.165) is 35.8 Å². The van der Waals surface area contributed by atoms with Gasteiger partial charge in [0.2, 0.25) is 0 Å². The molecule has 1 rings (SSSR count). The third kappa shape index (κ3) is 3.07. The molecule has 0 heterocycles. The van der Waals surface area contributed by atoms with Crippen molar-refractivity contribution in [2.45, 2.75) is 19.3 Å². The van der Waals surface area contributed by atoms with Crippen LogP contribution in [0, 0.1) is 0 Å². The van der Waals surface area contributed by atoms with Crippen LogP contribution in [0.4, 0.5) is 0 Å². The summed E-state index contributed by atoms with van der Waals surface area (Å²) in [6.07, 6.45) is 1.01. The molecule has 0 radical (unpaired) electrons. The Bertz CT molecular complexity index is 354. The van der Waals surface area contributed by atoms with E-state index in [0.29, 0.717) is 5.92 Å². The molecule has 1 atom stereocenters. The highest BCUT2D eigenvalue weighted by Crippen LogP contribution is 2.40. The largest absolute Gasteiger partial charge is 0.496 e. The summed E-state index contributed by atoms with van der Waals surface area (Å²) in [6, 6.07) is 3.80. The van der Waals surface area contributed by atoms with Gasteiger partial charge in [-0.3, -0.25) is 0 Å². The molecule has 4 nitrogen and oxygen atoms in total. The van der Waals surface area contributed by atoms with E-state index >= 15 is 0 Å². The summed E-state index contributed by atoms with van der Waals surface area (Å²) in [5, 5.41) is 3.21. The maximum Gasteiger partial charge on any atom is 0.129 e. The number of hydrogen-bond donors (Lipinski definition) is 1. The maximum atomic E-state index is 5.47. The molecule has 0 bridgehead atoms. The van der Waals surface area contributed by atoms with E-state index in [-0.39, 0.29) is 0 Å². The Labute approximate surface area is 109 Å². The second kappa shape index (κ2) is 7.11. The predicted octanol–water partition coefficient (Wildman–Crippen LogP) is 2.43. The van der Waals surface area contributed by atoms with Gasteiger partial charge in [0.25, 0.3) is 0 Å². The fourth-order valence-electron chi connectivity index (χ4n) is 2.13. The molecule has 0 amide bonds. The van der Waals surface area contributed by atoms with Crippen LogP contribution in [0.25, 0.3) is 0 Å². The molecule has 1 N–H and O–H groups in total. The Morgan fingerprint density at radius 1 is 1.06 bits per heavy atom. The fraction of sp³-hybridized carbons (Fsp3) is 0.571. The molecule has 1 aromatic carbocycles. The molecule has 0 aromatic heterocycles. The Morgan fingerprint density at radius 2 is 1.61 bits per heavy atom. The molecule has 0 aliphatic heterocycles. The Morgan fingerprint density at radius 3 is 1.94 bits per heavy atom. The second-order valence-corrected chi connectivity index (χ2v) is 4.11. The van der Waals surface area contributed by atoms with Gasteiger partial charge in [-0.1, -0.05) is 6.92 Å². The summed E-state index contributed by atoms with van der Waals surface area (Å²) in [6.45, 7) is 3.04. The van der Waals surface area contributed by atoms with Crippen LogP contribution in [0.15, 0.2) is 12.1 Å². The van der Waals surface area contributed by atoms with Gasteiger partial charge in [0.1, 0.15) is 17.2 Å². The smallest absolute Gasteiger partial charge is 0.129 e. The lowest BCUT2D eigenvalue weighted by Gasteiger charge is -2.21. The van der Waals surface area contributed by atoms with E-state index in [4.69, 9.17) is 14.2 Å². The van der Waals surface area contributed by atoms with Gasteiger partial charge in [-0.05, 0) is 13.5 Å². The van der Waals surface area contributed by atoms with Gasteiger partial charge in [0.05, 0.1) is 21.3 Å². The van der Waals surface area contributed by atoms with Crippen LogP contribution in [-0.2, 0) is 0 Å². The van der Waals surface area contributed by atoms with Crippen LogP contribution in [0.2, 0.25) is 0 Å². The van der Waals surface area contributed by atoms with Crippen molar-refractivity contribution < 1.29 is 14.2 Å². The van der Waals surface area contributed by atoms with Gasteiger partial charge < -0.3 is 19.5 Å². The van der Waals surface area contributed by atoms with Crippen molar-refractivity contribution in [2.24, 2.45) is 0 Å². The molecule has 0 spiro atoms. The topological polar surface area (TPSA) is 39.7 Å². The molecule has 0 saturated heterocycles. The predicted molar refractivity (Wildman–Crippen MR) is 73.1 cm³/mol. The molecule has 102 valence electrons. The average Bonchev–Trinajstić information content (AvgIpc) is 2.43. The molecular weight excluding hydrogens is 230 g/mol. The number of rotatable bonds is 7. The molecule has 1 unspecified atom stereocenters. The number of nitrogens with one attached hydrogen (secondary N) is 1. The second-order valence-electron chi connectivity index (χ2n) is 4.11. The number of hydrogen-bond acceptors (Lipinski definition) is 4. The summed E-state index contributed by atoms with van der Waals surface area (Å²) >= 11 is 0. The SMILES string of the molecule is CCC(CNC)c1c(OC)cc(OC)cc1OC. The Hall–Kier alpha value is -1.42. The summed E-state index contributed by atoms with van der Waals surface area (Å²) in [4.78, 5) is 0. The normalized spacial score (nSPS) is 12.1. The minimum atomic E-state index is 0.353. The van der Waals surface area contributed by atoms with E-state index < -0.39 is 0 Å². The third-order valence-corrected chi connectivity index (χ3v) is 3.10. The van der Waals surface area contributed by atoms with Crippen molar-refractivity contribution in [2.75, 3.05) is 34.9 Å². The summed E-state index contributed by atoms with van der Waals surface area (Å²) in [5.74, 6) is 2.72. The molecule has 1 aromatic rings. The monoisotopic (exact) mass is 253 g/mol. The van der Waals surface area contributed by atoms with Crippen molar-refractivity contribution in [1.82, 2.24) is 5.32 Å². The molecule has 0 fully saturated rings. The van der Waals surface area contributed by atoms with Crippen molar-refractivity contribution in [1.29, 1.82) is 0 Å². The summed E-state index contributed by atoms with van der Waals surface area (Å²) < 4.78 is 16.2. The van der Waals surface area contributed by atoms with Gasteiger partial charge in [-0.2, -0.15) is 0 Å². The van der Waals surface area contributed by atoms with Crippen molar-refractivity contribution in [3.05, 3.63) is 17.7 Å². The maximum absolute atomic E-state index is 5.47. The van der Waals surface area contributed by atoms with E-state index in [1.54, 1.807) is 21.3 Å². The Kier molecular flexibility index (Phi) is 5.78. The number of likely N-dealkylation sites (N-methyl/N-ethyl adjacent to an activating group) is 1. The molecule has 0 aliphatic carbocycles. The van der Waals surface area contributed by atoms with E-state index in [1.807, 2.05) is 19.2 Å². The average molecular weight is 253 g/mol. The first-order valence-electron chi connectivity index (χ1n) is 6.16. The number of methoxy groups -OCH3 is 3. The Balaban J connectivity index is 3.28. The molecule has 0 aliphatic rings. The first-order valence-corrected chi connectivity index (χ1v) is 6.16. The van der Waals surface area contributed by atoms with Gasteiger partial charge in [-0.15, -0.1) is 0 Å². The first-order chi connectivity index (χ1) is 8.71. The summed E-state index contributed by atoms with van der Waals surface area (Å²) in [5.41, 5.74) is 1.10. The van der Waals surface area contributed by atoms with Crippen molar-refractivity contribution >= 4 is 0 Å². The van der Waals surface area contributed by atoms with Gasteiger partial charge in [0.15, 0.2) is 0 Å². The zero-order chi connectivity index (χ0) is 13.5. The lowest BCUT2D eigenvalue weighted by atomic mass is 9.94. The molecular formula is C14H23NO3. The minimum absolute atomic E-state index is 0.353. The first kappa shape index (κ1) is 14.6. The lowest BCUT2D eigenvalue weighted by molar-refractivity contribution is 0.362. The highest BCUT2D eigenvalue weighted by Gasteiger charge is 2.20. The number of ether oxygens (including phenoxy) is 3. The van der Waals surface area contributed by atoms with Gasteiger partial charge in [-0.25, -0.2) is 0 Å². The summed E-state index contributed by atoms with van der Waals surface area (Å²) in [7, 11) is 6.93. The lowest BCUT2D eigenvalue weighted by Crippen LogP contribution is -2.18. The van der Waals surface area contributed by atoms with Crippen LogP contribution in [0.1, 0.15) is 24.8 Å². The quantitative estimate of drug-likeness (QED) is 0.810. The minimum Gasteiger partial charge on any atom is -0.496 e. The molecule has 4 heteroatoms. The zero-order valence-corrected chi connectivity index (χ0v) is 11.9. The standard InChI is InChI=1S/C14H23NO3/c1-6-10(9-15-2)14-12(17-4)7-11(16-3)8-13(14)18-5/h7-8,10,15H,6,9H2,1-5H3. The van der Waals surface area contributed by atoms with Gasteiger partial charge >= 0.3 is 0 Å². The van der Waals surface area contributed by atoms with Crippen molar-refractivity contribution in [3.63, 3.8) is 0 Å². The fourth-order valence-corrected chi connectivity index (χ4v) is 2.13. The number of benzene rings is 1. The molecule has 0 saturated carbocycles. The van der Waals surface area contributed by atoms with Crippen LogP contribution in [-0.4, -0.2) is 34.9 Å². The highest BCUT2D eigenvalue weighted by molar-refractivity contribution is 5.52. The van der Waals surface area contributed by atoms with Crippen LogP contribution in [0.3, 0.4) is 0 Å². The van der Waals surface area contributed by atoms with Crippen LogP contribution >= 0.6 is 0 Å². The van der Waals surface area contributed by atoms with Crippen molar-refractivity contribution in [3.8, 4) is 17.2 Å². The van der Waals surface area contributed by atoms with E-state index in [9.17, 15) is 0 Å². The third-order valence-electron chi connectivity index (χ3n) is 3.10. The van der Waals surface area contributed by atoms with Crippen LogP contribution in [0.5, 0.6) is 17.2 Å². The van der Waals surface area contributed by atoms with Gasteiger partial charge in [0, 0.05) is 30.2 Å². The zero-order valence-electron chi connectivity index (χ0n) is 11.9.